The van der Waals surface area contributed by atoms with Gasteiger partial charge in [0.15, 0.2) is 0 Å². The minimum atomic E-state index is -1.08. The molecule has 5 atom stereocenters. The maximum Gasteiger partial charge on any atom is 0.326 e. The quantitative estimate of drug-likeness (QED) is 0.202. The van der Waals surface area contributed by atoms with Crippen LogP contribution in [0.3, 0.4) is 0 Å². The van der Waals surface area contributed by atoms with E-state index in [9.17, 15) is 19.5 Å². The van der Waals surface area contributed by atoms with Crippen LogP contribution in [-0.4, -0.2) is 71.4 Å². The highest BCUT2D eigenvalue weighted by atomic mass is 32.2. The number of nitrogens with two attached hydrogens (primary N) is 1. The lowest BCUT2D eigenvalue weighted by molar-refractivity contribution is -0.142. The summed E-state index contributed by atoms with van der Waals surface area (Å²) in [5.74, 6) is -0.924. The largest absolute Gasteiger partial charge is 0.480 e. The van der Waals surface area contributed by atoms with E-state index in [2.05, 4.69) is 28.6 Å². The third kappa shape index (κ3) is 10.6. The third-order valence-electron chi connectivity index (χ3n) is 4.80. The molecule has 10 heteroatoms. The molecule has 29 heavy (non-hydrogen) atoms. The molecule has 0 heterocycles. The predicted octanol–water partition coefficient (Wildman–Crippen LogP) is 0.711. The van der Waals surface area contributed by atoms with Gasteiger partial charge in [-0.15, -0.1) is 0 Å². The molecular weight excluding hydrogens is 412 g/mol. The van der Waals surface area contributed by atoms with Crippen LogP contribution in [0.15, 0.2) is 0 Å². The molecule has 0 aliphatic rings. The van der Waals surface area contributed by atoms with Gasteiger partial charge < -0.3 is 26.8 Å². The Balaban J connectivity index is 5.26. The van der Waals surface area contributed by atoms with Gasteiger partial charge in [0.05, 0.1) is 6.04 Å². The number of thioether (sulfide) groups is 1. The second kappa shape index (κ2) is 14.9. The number of nitrogens with one attached hydrogen (secondary N) is 3. The van der Waals surface area contributed by atoms with Crippen LogP contribution < -0.4 is 21.7 Å². The second-order valence-electron chi connectivity index (χ2n) is 7.63. The van der Waals surface area contributed by atoms with Crippen molar-refractivity contribution in [2.75, 3.05) is 24.3 Å². The molecule has 8 nitrogen and oxygen atoms in total. The molecule has 0 aliphatic carbocycles. The molecule has 0 bridgehead atoms. The first kappa shape index (κ1) is 28.0. The van der Waals surface area contributed by atoms with E-state index in [0.717, 1.165) is 0 Å². The average molecular weight is 451 g/mol. The molecule has 0 aromatic carbocycles. The van der Waals surface area contributed by atoms with Crippen molar-refractivity contribution in [2.45, 2.75) is 64.7 Å². The molecule has 0 aromatic rings. The van der Waals surface area contributed by atoms with Crippen molar-refractivity contribution in [3.63, 3.8) is 0 Å². The topological polar surface area (TPSA) is 134 Å². The lowest BCUT2D eigenvalue weighted by Gasteiger charge is -2.29. The molecule has 0 spiro atoms. The number of carboxylic acid groups (broad SMARTS) is 1. The number of amides is 2. The van der Waals surface area contributed by atoms with E-state index in [1.54, 1.807) is 0 Å². The SMILES string of the molecule is CCC(C)[C@H](NC(=O)[C@@H](NC[C@@H](N)CS)C(C)C)C(=O)N[C@@H](CCSC)C(=O)O. The Morgan fingerprint density at radius 2 is 1.69 bits per heavy atom. The van der Waals surface area contributed by atoms with Crippen LogP contribution in [0.4, 0.5) is 0 Å². The fourth-order valence-electron chi connectivity index (χ4n) is 2.67. The molecule has 0 fully saturated rings. The van der Waals surface area contributed by atoms with Crippen LogP contribution in [0.1, 0.15) is 40.5 Å². The van der Waals surface area contributed by atoms with Gasteiger partial charge >= 0.3 is 5.97 Å². The normalized spacial score (nSPS) is 16.6. The summed E-state index contributed by atoms with van der Waals surface area (Å²) in [7, 11) is 0. The van der Waals surface area contributed by atoms with Crippen molar-refractivity contribution in [2.24, 2.45) is 17.6 Å². The Hall–Kier alpha value is -0.970. The summed E-state index contributed by atoms with van der Waals surface area (Å²) in [6.45, 7) is 8.02. The summed E-state index contributed by atoms with van der Waals surface area (Å²) in [6, 6.07) is -2.50. The van der Waals surface area contributed by atoms with Gasteiger partial charge in [0.25, 0.3) is 0 Å². The standard InChI is InChI=1S/C19H38N4O4S2/c1-6-12(4)16(18(25)22-14(19(26)27)7-8-29-5)23-17(24)15(11(2)3)21-9-13(20)10-28/h11-16,21,28H,6-10,20H2,1-5H3,(H,22,25)(H,23,24)(H,26,27)/t12?,13-,14+,15+,16+/m1/s1. The molecule has 1 unspecified atom stereocenters. The second-order valence-corrected chi connectivity index (χ2v) is 8.98. The molecule has 0 saturated carbocycles. The number of rotatable bonds is 15. The first-order valence-electron chi connectivity index (χ1n) is 10.0. The van der Waals surface area contributed by atoms with E-state index in [1.165, 1.54) is 11.8 Å². The number of carbonyl (C=O) groups is 3. The maximum absolute atomic E-state index is 12.9. The Morgan fingerprint density at radius 1 is 1.10 bits per heavy atom. The highest BCUT2D eigenvalue weighted by Crippen LogP contribution is 2.11. The summed E-state index contributed by atoms with van der Waals surface area (Å²) in [5, 5.41) is 17.9. The maximum atomic E-state index is 12.9. The van der Waals surface area contributed by atoms with E-state index in [-0.39, 0.29) is 23.8 Å². The lowest BCUT2D eigenvalue weighted by Crippen LogP contribution is -2.58. The van der Waals surface area contributed by atoms with E-state index < -0.39 is 30.0 Å². The van der Waals surface area contributed by atoms with Crippen LogP contribution in [0, 0.1) is 11.8 Å². The lowest BCUT2D eigenvalue weighted by atomic mass is 9.96. The van der Waals surface area contributed by atoms with Gasteiger partial charge in [-0.05, 0) is 30.3 Å². The van der Waals surface area contributed by atoms with Gasteiger partial charge in [0.1, 0.15) is 12.1 Å². The monoisotopic (exact) mass is 450 g/mol. The van der Waals surface area contributed by atoms with Crippen LogP contribution in [0.2, 0.25) is 0 Å². The summed E-state index contributed by atoms with van der Waals surface area (Å²) < 4.78 is 0. The zero-order valence-electron chi connectivity index (χ0n) is 18.1. The highest BCUT2D eigenvalue weighted by Gasteiger charge is 2.32. The van der Waals surface area contributed by atoms with Gasteiger partial charge in [-0.1, -0.05) is 34.1 Å². The number of thiol groups is 1. The van der Waals surface area contributed by atoms with E-state index in [1.807, 2.05) is 34.0 Å². The summed E-state index contributed by atoms with van der Waals surface area (Å²) in [4.78, 5) is 37.2. The van der Waals surface area contributed by atoms with Crippen LogP contribution >= 0.6 is 24.4 Å². The minimum absolute atomic E-state index is 0.0175. The molecule has 6 N–H and O–H groups in total. The Morgan fingerprint density at radius 3 is 2.14 bits per heavy atom. The zero-order valence-corrected chi connectivity index (χ0v) is 19.8. The first-order chi connectivity index (χ1) is 13.6. The summed E-state index contributed by atoms with van der Waals surface area (Å²) >= 11 is 5.66. The highest BCUT2D eigenvalue weighted by molar-refractivity contribution is 7.98. The Bertz CT molecular complexity index is 522. The third-order valence-corrected chi connectivity index (χ3v) is 5.92. The number of hydrogen-bond donors (Lipinski definition) is 6. The molecule has 0 rings (SSSR count). The molecule has 0 saturated heterocycles. The fourth-order valence-corrected chi connectivity index (χ4v) is 3.27. The van der Waals surface area contributed by atoms with Crippen molar-refractivity contribution < 1.29 is 19.5 Å². The summed E-state index contributed by atoms with van der Waals surface area (Å²) in [6.07, 6.45) is 2.86. The molecule has 0 aromatic heterocycles. The van der Waals surface area contributed by atoms with Gasteiger partial charge in [-0.25, -0.2) is 4.79 Å². The number of hydrogen-bond acceptors (Lipinski definition) is 7. The van der Waals surface area contributed by atoms with Crippen LogP contribution in [0.5, 0.6) is 0 Å². The van der Waals surface area contributed by atoms with E-state index in [0.29, 0.717) is 30.9 Å². The van der Waals surface area contributed by atoms with Gasteiger partial charge in [0, 0.05) is 18.3 Å². The van der Waals surface area contributed by atoms with Crippen molar-refractivity contribution in [1.82, 2.24) is 16.0 Å². The van der Waals surface area contributed by atoms with E-state index in [4.69, 9.17) is 5.73 Å². The number of aliphatic carboxylic acids is 1. The number of carbonyl (C=O) groups excluding carboxylic acids is 2. The predicted molar refractivity (Wildman–Crippen MR) is 122 cm³/mol. The fraction of sp³-hybridized carbons (Fsp3) is 0.842. The first-order valence-corrected chi connectivity index (χ1v) is 12.0. The van der Waals surface area contributed by atoms with Crippen LogP contribution in [-0.2, 0) is 14.4 Å². The molecule has 2 amide bonds. The Labute approximate surface area is 184 Å². The molecule has 0 aliphatic heterocycles. The zero-order chi connectivity index (χ0) is 22.6. The van der Waals surface area contributed by atoms with Crippen molar-refractivity contribution in [3.8, 4) is 0 Å². The van der Waals surface area contributed by atoms with E-state index >= 15 is 0 Å². The Kier molecular flexibility index (Phi) is 14.4. The minimum Gasteiger partial charge on any atom is -0.480 e. The van der Waals surface area contributed by atoms with Gasteiger partial charge in [-0.2, -0.15) is 24.4 Å². The average Bonchev–Trinajstić information content (AvgIpc) is 2.67. The summed E-state index contributed by atoms with van der Waals surface area (Å²) in [5.41, 5.74) is 5.87. The molecular formula is C19H38N4O4S2. The van der Waals surface area contributed by atoms with Crippen molar-refractivity contribution in [3.05, 3.63) is 0 Å². The van der Waals surface area contributed by atoms with Crippen molar-refractivity contribution >= 4 is 42.2 Å². The van der Waals surface area contributed by atoms with Crippen molar-refractivity contribution in [1.29, 1.82) is 0 Å². The smallest absolute Gasteiger partial charge is 0.326 e. The van der Waals surface area contributed by atoms with Crippen LogP contribution in [0.25, 0.3) is 0 Å². The van der Waals surface area contributed by atoms with Gasteiger partial charge in [0.2, 0.25) is 11.8 Å². The number of carboxylic acids is 1. The molecule has 170 valence electrons. The van der Waals surface area contributed by atoms with Gasteiger partial charge in [-0.3, -0.25) is 9.59 Å². The molecule has 0 radical (unpaired) electrons.